The van der Waals surface area contributed by atoms with Gasteiger partial charge in [-0.1, -0.05) is 20.8 Å². The van der Waals surface area contributed by atoms with Crippen molar-refractivity contribution in [2.24, 2.45) is 5.41 Å². The van der Waals surface area contributed by atoms with E-state index in [0.717, 1.165) is 6.42 Å². The van der Waals surface area contributed by atoms with Crippen molar-refractivity contribution in [2.75, 3.05) is 0 Å². The zero-order valence-corrected chi connectivity index (χ0v) is 8.70. The van der Waals surface area contributed by atoms with Crippen LogP contribution in [0.2, 0.25) is 0 Å². The van der Waals surface area contributed by atoms with Crippen LogP contribution in [0.25, 0.3) is 0 Å². The Balaban J connectivity index is 0.000000424. The largest absolute Gasteiger partial charge is 0.497 e. The Morgan fingerprint density at radius 1 is 1.69 bits per heavy atom. The molecule has 0 saturated heterocycles. The highest BCUT2D eigenvalue weighted by molar-refractivity contribution is 5.32. The third-order valence-corrected chi connectivity index (χ3v) is 2.64. The lowest BCUT2D eigenvalue weighted by Gasteiger charge is -2.24. The maximum absolute atomic E-state index is 8.36. The monoisotopic (exact) mass is 186 g/mol. The molecule has 0 amide bonds. The summed E-state index contributed by atoms with van der Waals surface area (Å²) >= 11 is 0. The standard InChI is InChI=1S/C9H16O.CH2O2/c1-5-8-6-10-7(2)9(8,3)4;2-1-3/h6-7H,5H2,1-4H3;1H,(H,2,3). The molecule has 0 aromatic rings. The minimum atomic E-state index is -0.250. The average Bonchev–Trinajstić information content (AvgIpc) is 2.29. The maximum Gasteiger partial charge on any atom is 0.290 e. The molecule has 76 valence electrons. The molecule has 0 spiro atoms. The quantitative estimate of drug-likeness (QED) is 0.640. The van der Waals surface area contributed by atoms with Crippen LogP contribution in [0.4, 0.5) is 0 Å². The molecular weight excluding hydrogens is 168 g/mol. The second-order valence-electron chi connectivity index (χ2n) is 3.60. The highest BCUT2D eigenvalue weighted by atomic mass is 16.5. The smallest absolute Gasteiger partial charge is 0.290 e. The van der Waals surface area contributed by atoms with E-state index in [1.165, 1.54) is 5.57 Å². The van der Waals surface area contributed by atoms with Gasteiger partial charge in [-0.15, -0.1) is 0 Å². The number of hydrogen-bond donors (Lipinski definition) is 1. The molecule has 1 aliphatic heterocycles. The summed E-state index contributed by atoms with van der Waals surface area (Å²) in [7, 11) is 0. The summed E-state index contributed by atoms with van der Waals surface area (Å²) in [5.41, 5.74) is 1.69. The van der Waals surface area contributed by atoms with Gasteiger partial charge < -0.3 is 9.84 Å². The van der Waals surface area contributed by atoms with E-state index in [2.05, 4.69) is 27.7 Å². The topological polar surface area (TPSA) is 46.5 Å². The highest BCUT2D eigenvalue weighted by Gasteiger charge is 2.34. The van der Waals surface area contributed by atoms with E-state index in [9.17, 15) is 0 Å². The summed E-state index contributed by atoms with van der Waals surface area (Å²) < 4.78 is 5.41. The van der Waals surface area contributed by atoms with Gasteiger partial charge in [-0.2, -0.15) is 0 Å². The first-order valence-corrected chi connectivity index (χ1v) is 4.43. The Morgan fingerprint density at radius 2 is 2.15 bits per heavy atom. The molecule has 1 heterocycles. The van der Waals surface area contributed by atoms with Gasteiger partial charge in [0.25, 0.3) is 6.47 Å². The summed E-state index contributed by atoms with van der Waals surface area (Å²) in [5.74, 6) is 0. The van der Waals surface area contributed by atoms with Crippen molar-refractivity contribution >= 4 is 6.47 Å². The predicted molar refractivity (Wildman–Crippen MR) is 51.4 cm³/mol. The minimum Gasteiger partial charge on any atom is -0.497 e. The van der Waals surface area contributed by atoms with Crippen LogP contribution in [0.1, 0.15) is 34.1 Å². The molecule has 3 nitrogen and oxygen atoms in total. The third-order valence-electron chi connectivity index (χ3n) is 2.64. The molecule has 0 aromatic carbocycles. The van der Waals surface area contributed by atoms with Crippen molar-refractivity contribution in [1.29, 1.82) is 0 Å². The first kappa shape index (κ1) is 12.0. The van der Waals surface area contributed by atoms with Crippen molar-refractivity contribution < 1.29 is 14.6 Å². The van der Waals surface area contributed by atoms with Crippen molar-refractivity contribution in [1.82, 2.24) is 0 Å². The van der Waals surface area contributed by atoms with Crippen molar-refractivity contribution in [2.45, 2.75) is 40.2 Å². The molecule has 0 radical (unpaired) electrons. The molecule has 0 saturated carbocycles. The zero-order chi connectivity index (χ0) is 10.5. The fourth-order valence-electron chi connectivity index (χ4n) is 1.31. The number of rotatable bonds is 1. The number of ether oxygens (including phenoxy) is 1. The molecule has 0 aromatic heterocycles. The van der Waals surface area contributed by atoms with E-state index in [0.29, 0.717) is 6.10 Å². The molecule has 1 atom stereocenters. The Hall–Kier alpha value is -0.990. The predicted octanol–water partition coefficient (Wildman–Crippen LogP) is 2.43. The van der Waals surface area contributed by atoms with Crippen LogP contribution in [-0.4, -0.2) is 17.7 Å². The van der Waals surface area contributed by atoms with Gasteiger partial charge in [0.15, 0.2) is 0 Å². The third kappa shape index (κ3) is 2.76. The van der Waals surface area contributed by atoms with Crippen molar-refractivity contribution in [3.05, 3.63) is 11.8 Å². The second kappa shape index (κ2) is 4.90. The summed E-state index contributed by atoms with van der Waals surface area (Å²) in [5, 5.41) is 6.89. The average molecular weight is 186 g/mol. The van der Waals surface area contributed by atoms with Crippen LogP contribution in [0.15, 0.2) is 11.8 Å². The lowest BCUT2D eigenvalue weighted by Crippen LogP contribution is -2.24. The lowest BCUT2D eigenvalue weighted by atomic mass is 9.80. The Kier molecular flexibility index (Phi) is 4.52. The lowest BCUT2D eigenvalue weighted by molar-refractivity contribution is -0.122. The fraction of sp³-hybridized carbons (Fsp3) is 0.700. The van der Waals surface area contributed by atoms with E-state index in [1.54, 1.807) is 0 Å². The van der Waals surface area contributed by atoms with E-state index in [1.807, 2.05) is 6.26 Å². The maximum atomic E-state index is 8.36. The normalized spacial score (nSPS) is 23.7. The molecular formula is C10H18O3. The van der Waals surface area contributed by atoms with E-state index in [4.69, 9.17) is 14.6 Å². The molecule has 0 aliphatic carbocycles. The van der Waals surface area contributed by atoms with Crippen LogP contribution >= 0.6 is 0 Å². The van der Waals surface area contributed by atoms with Gasteiger partial charge in [-0.3, -0.25) is 4.79 Å². The van der Waals surface area contributed by atoms with Gasteiger partial charge in [0.1, 0.15) is 6.10 Å². The summed E-state index contributed by atoms with van der Waals surface area (Å²) in [6.07, 6.45) is 3.38. The van der Waals surface area contributed by atoms with Gasteiger partial charge >= 0.3 is 0 Å². The van der Waals surface area contributed by atoms with Gasteiger partial charge in [0.05, 0.1) is 6.26 Å². The van der Waals surface area contributed by atoms with Gasteiger partial charge in [0, 0.05) is 5.41 Å². The summed E-state index contributed by atoms with van der Waals surface area (Å²) in [4.78, 5) is 8.36. The first-order chi connectivity index (χ1) is 6.00. The van der Waals surface area contributed by atoms with Gasteiger partial charge in [-0.05, 0) is 18.9 Å². The molecule has 1 N–H and O–H groups in total. The van der Waals surface area contributed by atoms with E-state index < -0.39 is 0 Å². The van der Waals surface area contributed by atoms with Gasteiger partial charge in [0.2, 0.25) is 0 Å². The van der Waals surface area contributed by atoms with Gasteiger partial charge in [-0.25, -0.2) is 0 Å². The number of hydrogen-bond acceptors (Lipinski definition) is 2. The molecule has 13 heavy (non-hydrogen) atoms. The van der Waals surface area contributed by atoms with E-state index >= 15 is 0 Å². The van der Waals surface area contributed by atoms with Crippen LogP contribution in [0.5, 0.6) is 0 Å². The Morgan fingerprint density at radius 3 is 2.31 bits per heavy atom. The Labute approximate surface area is 79.4 Å². The number of carbonyl (C=O) groups is 1. The highest BCUT2D eigenvalue weighted by Crippen LogP contribution is 2.39. The first-order valence-electron chi connectivity index (χ1n) is 4.43. The molecule has 1 aliphatic rings. The number of carboxylic acid groups (broad SMARTS) is 1. The summed E-state index contributed by atoms with van der Waals surface area (Å²) in [6.45, 7) is 8.52. The van der Waals surface area contributed by atoms with Crippen LogP contribution < -0.4 is 0 Å². The molecule has 0 bridgehead atoms. The SMILES string of the molecule is CCC1=COC(C)C1(C)C.O=CO. The molecule has 1 rings (SSSR count). The van der Waals surface area contributed by atoms with Crippen molar-refractivity contribution in [3.8, 4) is 0 Å². The molecule has 0 fully saturated rings. The van der Waals surface area contributed by atoms with E-state index in [-0.39, 0.29) is 11.9 Å². The molecule has 3 heteroatoms. The van der Waals surface area contributed by atoms with Crippen LogP contribution in [0, 0.1) is 5.41 Å². The summed E-state index contributed by atoms with van der Waals surface area (Å²) in [6, 6.07) is 0. The fourth-order valence-corrected chi connectivity index (χ4v) is 1.31. The van der Waals surface area contributed by atoms with Crippen LogP contribution in [-0.2, 0) is 9.53 Å². The molecule has 1 unspecified atom stereocenters. The Bertz CT molecular complexity index is 194. The zero-order valence-electron chi connectivity index (χ0n) is 8.70. The van der Waals surface area contributed by atoms with Crippen molar-refractivity contribution in [3.63, 3.8) is 0 Å². The van der Waals surface area contributed by atoms with Crippen LogP contribution in [0.3, 0.4) is 0 Å². The second-order valence-corrected chi connectivity index (χ2v) is 3.60. The minimum absolute atomic E-state index is 0.250.